The molecule has 0 spiro atoms. The average Bonchev–Trinajstić information content (AvgIpc) is 3.12. The van der Waals surface area contributed by atoms with Crippen molar-refractivity contribution in [3.63, 3.8) is 0 Å². The summed E-state index contributed by atoms with van der Waals surface area (Å²) >= 11 is 3.41. The van der Waals surface area contributed by atoms with Gasteiger partial charge in [-0.1, -0.05) is 47.1 Å². The van der Waals surface area contributed by atoms with Gasteiger partial charge in [-0.05, 0) is 36.2 Å². The summed E-state index contributed by atoms with van der Waals surface area (Å²) in [6, 6.07) is 15.1. The van der Waals surface area contributed by atoms with Gasteiger partial charge >= 0.3 is 0 Å². The van der Waals surface area contributed by atoms with Crippen LogP contribution >= 0.6 is 15.9 Å². The van der Waals surface area contributed by atoms with Crippen molar-refractivity contribution in [2.24, 2.45) is 0 Å². The predicted octanol–water partition coefficient (Wildman–Crippen LogP) is 3.95. The Balaban J connectivity index is 1.84. The number of carbonyl (C=O) groups is 1. The lowest BCUT2D eigenvalue weighted by Crippen LogP contribution is -2.15. The third kappa shape index (κ3) is 4.36. The van der Waals surface area contributed by atoms with E-state index in [-0.39, 0.29) is 16.9 Å². The van der Waals surface area contributed by atoms with Crippen LogP contribution in [0, 0.1) is 0 Å². The van der Waals surface area contributed by atoms with Gasteiger partial charge in [0.1, 0.15) is 17.1 Å². The Hall–Kier alpha value is -3.46. The summed E-state index contributed by atoms with van der Waals surface area (Å²) in [5.74, 6) is 1.20. The number of para-hydroxylation sites is 1. The Labute approximate surface area is 186 Å². The number of hydrogen-bond donors (Lipinski definition) is 2. The molecule has 0 aliphatic carbocycles. The second kappa shape index (κ2) is 9.13. The highest BCUT2D eigenvalue weighted by Gasteiger charge is 2.19. The third-order valence-electron chi connectivity index (χ3n) is 4.64. The molecule has 0 unspecified atom stereocenters. The molecule has 2 heterocycles. The number of ether oxygens (including phenoxy) is 1. The van der Waals surface area contributed by atoms with Crippen molar-refractivity contribution in [1.29, 1.82) is 0 Å². The molecule has 0 fully saturated rings. The van der Waals surface area contributed by atoms with Gasteiger partial charge in [0, 0.05) is 4.47 Å². The van der Waals surface area contributed by atoms with Crippen LogP contribution in [0.1, 0.15) is 18.9 Å². The summed E-state index contributed by atoms with van der Waals surface area (Å²) < 4.78 is 8.30. The summed E-state index contributed by atoms with van der Waals surface area (Å²) in [6.45, 7) is 2.92. The number of aromatic amines is 1. The van der Waals surface area contributed by atoms with Crippen molar-refractivity contribution in [1.82, 2.24) is 19.7 Å². The van der Waals surface area contributed by atoms with Crippen molar-refractivity contribution in [2.45, 2.75) is 19.9 Å². The maximum absolute atomic E-state index is 13.1. The first-order chi connectivity index (χ1) is 15.1. The monoisotopic (exact) mass is 481 g/mol. The molecule has 0 saturated heterocycles. The molecule has 2 aromatic carbocycles. The van der Waals surface area contributed by atoms with Crippen LogP contribution in [0.4, 0.5) is 5.82 Å². The van der Waals surface area contributed by atoms with E-state index in [0.29, 0.717) is 42.2 Å². The first-order valence-corrected chi connectivity index (χ1v) is 10.6. The number of H-pyrrole nitrogens is 1. The maximum Gasteiger partial charge on any atom is 0.277 e. The number of hydrogen-bond acceptors (Lipinski definition) is 5. The minimum absolute atomic E-state index is 0.224. The standard InChI is InChI=1S/C22H20BrN5O3/c1-2-11-31-17-6-4-3-5-16(17)20-25-18-19(22(30)26-20)28(27-21(18)24-13-29)12-14-7-9-15(23)10-8-14/h3-10,13H,2,11-12H2,1H3,(H,24,27,29)(H,25,26,30). The number of fused-ring (bicyclic) bond motifs is 1. The fraction of sp³-hybridized carbons (Fsp3) is 0.182. The molecule has 8 nitrogen and oxygen atoms in total. The zero-order chi connectivity index (χ0) is 21.8. The van der Waals surface area contributed by atoms with Crippen LogP contribution in [0.25, 0.3) is 22.4 Å². The normalized spacial score (nSPS) is 10.9. The van der Waals surface area contributed by atoms with Gasteiger partial charge in [0.25, 0.3) is 5.56 Å². The number of carbonyl (C=O) groups excluding carboxylic acids is 1. The van der Waals surface area contributed by atoms with E-state index in [4.69, 9.17) is 4.74 Å². The van der Waals surface area contributed by atoms with E-state index in [0.717, 1.165) is 16.5 Å². The first-order valence-electron chi connectivity index (χ1n) is 9.78. The number of rotatable bonds is 8. The summed E-state index contributed by atoms with van der Waals surface area (Å²) in [4.78, 5) is 31.7. The lowest BCUT2D eigenvalue weighted by atomic mass is 10.2. The lowest BCUT2D eigenvalue weighted by molar-refractivity contribution is -0.105. The number of anilines is 1. The average molecular weight is 482 g/mol. The largest absolute Gasteiger partial charge is 0.493 e. The molecule has 9 heteroatoms. The molecular weight excluding hydrogens is 462 g/mol. The van der Waals surface area contributed by atoms with E-state index in [1.54, 1.807) is 4.68 Å². The molecule has 0 radical (unpaired) electrons. The maximum atomic E-state index is 13.1. The van der Waals surface area contributed by atoms with Crippen LogP contribution in [0.3, 0.4) is 0 Å². The number of nitrogens with zero attached hydrogens (tertiary/aromatic N) is 3. The van der Waals surface area contributed by atoms with E-state index in [2.05, 4.69) is 36.3 Å². The molecule has 2 N–H and O–H groups in total. The topological polar surface area (TPSA) is 102 Å². The van der Waals surface area contributed by atoms with Crippen LogP contribution in [-0.2, 0) is 11.3 Å². The van der Waals surface area contributed by atoms with Gasteiger partial charge in [0.05, 0.1) is 18.7 Å². The number of amides is 1. The lowest BCUT2D eigenvalue weighted by Gasteiger charge is -2.10. The Morgan fingerprint density at radius 1 is 1.19 bits per heavy atom. The number of benzene rings is 2. The van der Waals surface area contributed by atoms with Crippen LogP contribution in [0.2, 0.25) is 0 Å². The molecule has 0 saturated carbocycles. The summed E-state index contributed by atoms with van der Waals surface area (Å²) in [6.07, 6.45) is 1.38. The van der Waals surface area contributed by atoms with Gasteiger partial charge in [-0.15, -0.1) is 0 Å². The second-order valence-corrected chi connectivity index (χ2v) is 7.77. The minimum Gasteiger partial charge on any atom is -0.493 e. The number of halogens is 1. The van der Waals surface area contributed by atoms with Gasteiger partial charge in [-0.2, -0.15) is 5.10 Å². The molecule has 0 aliphatic rings. The second-order valence-electron chi connectivity index (χ2n) is 6.85. The van der Waals surface area contributed by atoms with Crippen molar-refractivity contribution < 1.29 is 9.53 Å². The Bertz CT molecular complexity index is 1280. The fourth-order valence-corrected chi connectivity index (χ4v) is 3.51. The predicted molar refractivity (Wildman–Crippen MR) is 122 cm³/mol. The molecule has 31 heavy (non-hydrogen) atoms. The minimum atomic E-state index is -0.353. The molecular formula is C22H20BrN5O3. The van der Waals surface area contributed by atoms with Crippen LogP contribution in [0.5, 0.6) is 5.75 Å². The van der Waals surface area contributed by atoms with E-state index in [1.807, 2.05) is 55.5 Å². The molecule has 1 amide bonds. The zero-order valence-corrected chi connectivity index (χ0v) is 18.3. The van der Waals surface area contributed by atoms with E-state index in [1.165, 1.54) is 0 Å². The van der Waals surface area contributed by atoms with Crippen molar-refractivity contribution in [3.8, 4) is 17.1 Å². The van der Waals surface area contributed by atoms with Gasteiger partial charge < -0.3 is 15.0 Å². The van der Waals surface area contributed by atoms with E-state index >= 15 is 0 Å². The van der Waals surface area contributed by atoms with Gasteiger partial charge in [0.15, 0.2) is 11.3 Å². The Kier molecular flexibility index (Phi) is 6.13. The van der Waals surface area contributed by atoms with Crippen LogP contribution in [-0.4, -0.2) is 32.8 Å². The molecule has 0 atom stereocenters. The van der Waals surface area contributed by atoms with E-state index in [9.17, 15) is 9.59 Å². The smallest absolute Gasteiger partial charge is 0.277 e. The molecule has 4 aromatic rings. The highest BCUT2D eigenvalue weighted by molar-refractivity contribution is 9.10. The Morgan fingerprint density at radius 3 is 2.71 bits per heavy atom. The molecule has 0 aliphatic heterocycles. The van der Waals surface area contributed by atoms with Crippen molar-refractivity contribution in [2.75, 3.05) is 11.9 Å². The fourth-order valence-electron chi connectivity index (χ4n) is 3.25. The highest BCUT2D eigenvalue weighted by Crippen LogP contribution is 2.29. The van der Waals surface area contributed by atoms with E-state index < -0.39 is 0 Å². The zero-order valence-electron chi connectivity index (χ0n) is 16.8. The van der Waals surface area contributed by atoms with Gasteiger partial charge in [-0.25, -0.2) is 4.98 Å². The number of aromatic nitrogens is 4. The highest BCUT2D eigenvalue weighted by atomic mass is 79.9. The van der Waals surface area contributed by atoms with Gasteiger partial charge in [-0.3, -0.25) is 14.3 Å². The first kappa shape index (κ1) is 20.8. The van der Waals surface area contributed by atoms with Crippen molar-refractivity contribution in [3.05, 3.63) is 68.9 Å². The molecule has 0 bridgehead atoms. The molecule has 2 aromatic heterocycles. The quantitative estimate of drug-likeness (QED) is 0.371. The van der Waals surface area contributed by atoms with Crippen molar-refractivity contribution >= 4 is 39.2 Å². The molecule has 158 valence electrons. The summed E-state index contributed by atoms with van der Waals surface area (Å²) in [7, 11) is 0. The van der Waals surface area contributed by atoms with Gasteiger partial charge in [0.2, 0.25) is 6.41 Å². The third-order valence-corrected chi connectivity index (χ3v) is 5.17. The Morgan fingerprint density at radius 2 is 1.97 bits per heavy atom. The van der Waals surface area contributed by atoms with Crippen LogP contribution in [0.15, 0.2) is 57.8 Å². The number of nitrogens with one attached hydrogen (secondary N) is 2. The molecule has 4 rings (SSSR count). The van der Waals surface area contributed by atoms with Crippen LogP contribution < -0.4 is 15.6 Å². The summed E-state index contributed by atoms with van der Waals surface area (Å²) in [5, 5.41) is 6.97. The SMILES string of the molecule is CCCOc1ccccc1-c1nc2c(NC=O)nn(Cc3ccc(Br)cc3)c2c(=O)[nH]1. The summed E-state index contributed by atoms with van der Waals surface area (Å²) in [5.41, 5.74) is 1.85.